The van der Waals surface area contributed by atoms with Crippen molar-refractivity contribution in [3.05, 3.63) is 30.1 Å². The van der Waals surface area contributed by atoms with E-state index in [4.69, 9.17) is 5.73 Å². The summed E-state index contributed by atoms with van der Waals surface area (Å²) in [6, 6.07) is 4.10. The van der Waals surface area contributed by atoms with Crippen LogP contribution in [-0.4, -0.2) is 6.54 Å². The third-order valence-electron chi connectivity index (χ3n) is 1.46. The van der Waals surface area contributed by atoms with E-state index in [-0.39, 0.29) is 0 Å². The minimum absolute atomic E-state index is 0.480. The van der Waals surface area contributed by atoms with Crippen molar-refractivity contribution in [2.75, 3.05) is 6.54 Å². The molecule has 0 aliphatic heterocycles. The van der Waals surface area contributed by atoms with E-state index in [1.54, 1.807) is 0 Å². The van der Waals surface area contributed by atoms with E-state index in [0.717, 1.165) is 6.42 Å². The molecule has 1 radical (unpaired) electrons. The Balaban J connectivity index is 2.69. The van der Waals surface area contributed by atoms with Crippen molar-refractivity contribution >= 4 is 0 Å². The van der Waals surface area contributed by atoms with Crippen molar-refractivity contribution < 1.29 is 4.57 Å². The van der Waals surface area contributed by atoms with Crippen molar-refractivity contribution in [3.63, 3.8) is 0 Å². The average Bonchev–Trinajstić information content (AvgIpc) is 1.95. The van der Waals surface area contributed by atoms with Gasteiger partial charge in [0.2, 0.25) is 0 Å². The lowest BCUT2D eigenvalue weighted by Gasteiger charge is -1.93. The Bertz CT molecular complexity index is 191. The monoisotopic (exact) mass is 136 g/mol. The summed E-state index contributed by atoms with van der Waals surface area (Å²) in [7, 11) is 1.99. The predicted molar refractivity (Wildman–Crippen MR) is 39.3 cm³/mol. The molecule has 1 aromatic heterocycles. The molecule has 1 heterocycles. The highest BCUT2D eigenvalue weighted by atomic mass is 14.9. The fraction of sp³-hybridized carbons (Fsp3) is 0.375. The van der Waals surface area contributed by atoms with Crippen LogP contribution >= 0.6 is 0 Å². The molecule has 0 saturated heterocycles. The molecule has 0 aromatic carbocycles. The highest BCUT2D eigenvalue weighted by Gasteiger charge is 1.92. The fourth-order valence-corrected chi connectivity index (χ4v) is 0.843. The van der Waals surface area contributed by atoms with E-state index >= 15 is 0 Å². The SMILES string of the molecule is C[n+]1ccc(CC[NH])cc1. The molecule has 10 heavy (non-hydrogen) atoms. The van der Waals surface area contributed by atoms with Gasteiger partial charge in [0.25, 0.3) is 0 Å². The number of aromatic nitrogens is 1. The van der Waals surface area contributed by atoms with Crippen LogP contribution in [-0.2, 0) is 13.5 Å². The van der Waals surface area contributed by atoms with Gasteiger partial charge >= 0.3 is 0 Å². The van der Waals surface area contributed by atoms with Crippen LogP contribution in [0, 0.1) is 0 Å². The second-order valence-electron chi connectivity index (χ2n) is 2.37. The van der Waals surface area contributed by atoms with Crippen LogP contribution in [0.5, 0.6) is 0 Å². The molecule has 1 aromatic rings. The van der Waals surface area contributed by atoms with Gasteiger partial charge in [-0.1, -0.05) is 0 Å². The molecular formula is C8H12N2+. The van der Waals surface area contributed by atoms with Crippen LogP contribution in [0.1, 0.15) is 5.56 Å². The second kappa shape index (κ2) is 3.32. The Morgan fingerprint density at radius 3 is 2.50 bits per heavy atom. The van der Waals surface area contributed by atoms with Crippen molar-refractivity contribution in [2.45, 2.75) is 6.42 Å². The van der Waals surface area contributed by atoms with E-state index in [1.165, 1.54) is 5.56 Å². The van der Waals surface area contributed by atoms with Crippen LogP contribution in [0.15, 0.2) is 24.5 Å². The number of hydrogen-bond acceptors (Lipinski definition) is 0. The summed E-state index contributed by atoms with van der Waals surface area (Å²) in [6.45, 7) is 0.480. The molecule has 0 atom stereocenters. The first-order valence-corrected chi connectivity index (χ1v) is 3.41. The number of hydrogen-bond donors (Lipinski definition) is 0. The van der Waals surface area contributed by atoms with Crippen LogP contribution in [0.2, 0.25) is 0 Å². The fourth-order valence-electron chi connectivity index (χ4n) is 0.843. The van der Waals surface area contributed by atoms with Crippen molar-refractivity contribution in [2.24, 2.45) is 7.05 Å². The summed E-state index contributed by atoms with van der Waals surface area (Å²) in [4.78, 5) is 0. The van der Waals surface area contributed by atoms with Crippen molar-refractivity contribution in [1.29, 1.82) is 0 Å². The summed E-state index contributed by atoms with van der Waals surface area (Å²) in [5.41, 5.74) is 8.23. The quantitative estimate of drug-likeness (QED) is 0.524. The van der Waals surface area contributed by atoms with E-state index in [1.807, 2.05) is 24.0 Å². The standard InChI is InChI=1S/C8H12N2/c1-10-6-3-8(2-5-9)4-7-10/h3-4,6-7,9H,2,5H2,1H3/q+1. The van der Waals surface area contributed by atoms with Crippen LogP contribution < -0.4 is 10.3 Å². The van der Waals surface area contributed by atoms with Gasteiger partial charge in [-0.3, -0.25) is 5.73 Å². The van der Waals surface area contributed by atoms with E-state index in [2.05, 4.69) is 12.1 Å². The van der Waals surface area contributed by atoms with E-state index < -0.39 is 0 Å². The Morgan fingerprint density at radius 2 is 2.00 bits per heavy atom. The lowest BCUT2D eigenvalue weighted by atomic mass is 10.2. The first-order chi connectivity index (χ1) is 4.83. The molecule has 0 spiro atoms. The first kappa shape index (κ1) is 7.22. The van der Waals surface area contributed by atoms with Crippen molar-refractivity contribution in [3.8, 4) is 0 Å². The van der Waals surface area contributed by atoms with Gasteiger partial charge in [0.15, 0.2) is 12.4 Å². The molecule has 0 fully saturated rings. The van der Waals surface area contributed by atoms with Gasteiger partial charge in [-0.2, -0.15) is 0 Å². The Kier molecular flexibility index (Phi) is 2.40. The number of rotatable bonds is 2. The zero-order valence-corrected chi connectivity index (χ0v) is 6.17. The molecule has 2 nitrogen and oxygen atoms in total. The number of aryl methyl sites for hydroxylation is 1. The summed E-state index contributed by atoms with van der Waals surface area (Å²) in [6.07, 6.45) is 4.87. The summed E-state index contributed by atoms with van der Waals surface area (Å²) < 4.78 is 1.99. The molecule has 0 amide bonds. The molecule has 0 saturated carbocycles. The zero-order valence-electron chi connectivity index (χ0n) is 6.17. The van der Waals surface area contributed by atoms with Gasteiger partial charge in [-0.05, 0) is 12.0 Å². The van der Waals surface area contributed by atoms with Gasteiger partial charge in [0.1, 0.15) is 7.05 Å². The smallest absolute Gasteiger partial charge is 0.168 e. The van der Waals surface area contributed by atoms with E-state index in [0.29, 0.717) is 6.54 Å². The highest BCUT2D eigenvalue weighted by Crippen LogP contribution is 1.93. The molecule has 2 heteroatoms. The van der Waals surface area contributed by atoms with Gasteiger partial charge in [-0.15, -0.1) is 0 Å². The second-order valence-corrected chi connectivity index (χ2v) is 2.37. The third-order valence-corrected chi connectivity index (χ3v) is 1.46. The predicted octanol–water partition coefficient (Wildman–Crippen LogP) is 0.336. The zero-order chi connectivity index (χ0) is 7.40. The molecule has 0 aliphatic carbocycles. The topological polar surface area (TPSA) is 27.7 Å². The van der Waals surface area contributed by atoms with Gasteiger partial charge in [0.05, 0.1) is 0 Å². The summed E-state index contributed by atoms with van der Waals surface area (Å²) in [5, 5.41) is 0. The van der Waals surface area contributed by atoms with Crippen LogP contribution in [0.4, 0.5) is 0 Å². The Labute approximate surface area is 61.3 Å². The molecule has 1 N–H and O–H groups in total. The largest absolute Gasteiger partial charge is 0.258 e. The summed E-state index contributed by atoms with van der Waals surface area (Å²) >= 11 is 0. The molecule has 0 bridgehead atoms. The van der Waals surface area contributed by atoms with Crippen molar-refractivity contribution in [1.82, 2.24) is 5.73 Å². The Morgan fingerprint density at radius 1 is 1.40 bits per heavy atom. The summed E-state index contributed by atoms with van der Waals surface area (Å²) in [5.74, 6) is 0. The maximum absolute atomic E-state index is 6.99. The van der Waals surface area contributed by atoms with Crippen LogP contribution in [0.25, 0.3) is 0 Å². The van der Waals surface area contributed by atoms with Gasteiger partial charge in [-0.25, -0.2) is 4.57 Å². The van der Waals surface area contributed by atoms with Crippen LogP contribution in [0.3, 0.4) is 0 Å². The minimum Gasteiger partial charge on any atom is -0.258 e. The van der Waals surface area contributed by atoms with Gasteiger partial charge < -0.3 is 0 Å². The molecule has 53 valence electrons. The average molecular weight is 136 g/mol. The first-order valence-electron chi connectivity index (χ1n) is 3.41. The number of nitrogens with zero attached hydrogens (tertiary/aromatic N) is 1. The van der Waals surface area contributed by atoms with E-state index in [9.17, 15) is 0 Å². The molecular weight excluding hydrogens is 124 g/mol. The highest BCUT2D eigenvalue weighted by molar-refractivity contribution is 5.07. The van der Waals surface area contributed by atoms with Gasteiger partial charge in [0, 0.05) is 18.7 Å². The maximum atomic E-state index is 6.99. The minimum atomic E-state index is 0.480. The molecule has 1 rings (SSSR count). The lowest BCUT2D eigenvalue weighted by molar-refractivity contribution is -0.671. The lowest BCUT2D eigenvalue weighted by Crippen LogP contribution is -2.26. The molecule has 0 aliphatic rings. The number of nitrogens with one attached hydrogen (secondary N) is 1. The molecule has 0 unspecified atom stereocenters. The third kappa shape index (κ3) is 1.81. The maximum Gasteiger partial charge on any atom is 0.168 e. The number of pyridine rings is 1. The Hall–Kier alpha value is -0.890. The normalized spacial score (nSPS) is 9.80.